The van der Waals surface area contributed by atoms with Crippen LogP contribution >= 0.6 is 0 Å². The van der Waals surface area contributed by atoms with Crippen molar-refractivity contribution in [2.24, 2.45) is 0 Å². The van der Waals surface area contributed by atoms with E-state index in [0.29, 0.717) is 6.07 Å². The van der Waals surface area contributed by atoms with E-state index >= 15 is 0 Å². The van der Waals surface area contributed by atoms with Crippen LogP contribution in [0.3, 0.4) is 0 Å². The molecule has 0 aromatic heterocycles. The third-order valence-corrected chi connectivity index (χ3v) is 5.36. The lowest BCUT2D eigenvalue weighted by Crippen LogP contribution is -2.12. The maximum atomic E-state index is 13.5. The molecule has 1 rings (SSSR count). The molecule has 0 saturated carbocycles. The van der Waals surface area contributed by atoms with E-state index in [4.69, 9.17) is 4.74 Å². The lowest BCUT2D eigenvalue weighted by molar-refractivity contribution is -0.151. The second-order valence-electron chi connectivity index (χ2n) is 8.23. The van der Waals surface area contributed by atoms with Gasteiger partial charge in [0.2, 0.25) is 0 Å². The fourth-order valence-electron chi connectivity index (χ4n) is 3.36. The third-order valence-electron chi connectivity index (χ3n) is 5.36. The molecule has 0 heterocycles. The molecule has 0 unspecified atom stereocenters. The predicted molar refractivity (Wildman–Crippen MR) is 117 cm³/mol. The molecule has 1 aromatic carbocycles. The number of carbonyl (C=O) groups is 2. The molecule has 0 N–H and O–H groups in total. The summed E-state index contributed by atoms with van der Waals surface area (Å²) in [5, 5.41) is 0. The summed E-state index contributed by atoms with van der Waals surface area (Å²) in [6.07, 6.45) is 13.9. The first-order valence-electron chi connectivity index (χ1n) is 12.0. The van der Waals surface area contributed by atoms with Crippen molar-refractivity contribution >= 4 is 11.9 Å². The molecule has 0 atom stereocenters. The molecule has 0 aliphatic carbocycles. The normalized spacial score (nSPS) is 10.9. The van der Waals surface area contributed by atoms with Gasteiger partial charge < -0.3 is 9.47 Å². The lowest BCUT2D eigenvalue weighted by Gasteiger charge is -2.08. The number of ether oxygens (including phenoxy) is 2. The van der Waals surface area contributed by atoms with Crippen LogP contribution in [-0.2, 0) is 25.7 Å². The van der Waals surface area contributed by atoms with Crippen LogP contribution in [0.5, 0.6) is 0 Å². The quantitative estimate of drug-likeness (QED) is 0.0733. The average Bonchev–Trinajstić information content (AvgIpc) is 2.80. The predicted octanol–water partition coefficient (Wildman–Crippen LogP) is 7.31. The van der Waals surface area contributed by atoms with Crippen molar-refractivity contribution in [3.63, 3.8) is 0 Å². The Hall–Kier alpha value is -2.12. The van der Waals surface area contributed by atoms with Crippen molar-refractivity contribution in [3.05, 3.63) is 34.9 Å². The zero-order valence-corrected chi connectivity index (χ0v) is 19.5. The van der Waals surface area contributed by atoms with Gasteiger partial charge in [-0.15, -0.1) is 0 Å². The maximum absolute atomic E-state index is 13.5. The Labute approximate surface area is 194 Å². The summed E-state index contributed by atoms with van der Waals surface area (Å²) in [6.45, 7) is 1.73. The summed E-state index contributed by atoms with van der Waals surface area (Å²) in [5.74, 6) is -8.52. The van der Waals surface area contributed by atoms with Crippen LogP contribution in [0, 0.1) is 23.3 Å². The van der Waals surface area contributed by atoms with Crippen molar-refractivity contribution in [3.8, 4) is 0 Å². The SMILES string of the molecule is CCCCCCCCCCCCCCOC(=O)CCC(=O)OCc1cc(F)c(F)c(F)c1F. The highest BCUT2D eigenvalue weighted by atomic mass is 19.2. The van der Waals surface area contributed by atoms with Gasteiger partial charge in [0.1, 0.15) is 6.61 Å². The molecule has 0 aliphatic heterocycles. The Morgan fingerprint density at radius 1 is 0.667 bits per heavy atom. The van der Waals surface area contributed by atoms with Crippen LogP contribution < -0.4 is 0 Å². The van der Waals surface area contributed by atoms with Gasteiger partial charge in [-0.25, -0.2) is 17.6 Å². The number of hydrogen-bond acceptors (Lipinski definition) is 4. The van der Waals surface area contributed by atoms with E-state index < -0.39 is 47.4 Å². The first kappa shape index (κ1) is 28.9. The second-order valence-corrected chi connectivity index (χ2v) is 8.23. The summed E-state index contributed by atoms with van der Waals surface area (Å²) in [4.78, 5) is 23.3. The van der Waals surface area contributed by atoms with E-state index in [1.165, 1.54) is 57.8 Å². The van der Waals surface area contributed by atoms with E-state index in [0.717, 1.165) is 19.3 Å². The van der Waals surface area contributed by atoms with Crippen molar-refractivity contribution in [2.45, 2.75) is 103 Å². The smallest absolute Gasteiger partial charge is 0.306 e. The molecule has 33 heavy (non-hydrogen) atoms. The molecule has 1 aromatic rings. The second kappa shape index (κ2) is 17.4. The molecule has 0 amide bonds. The van der Waals surface area contributed by atoms with Gasteiger partial charge in [-0.1, -0.05) is 77.6 Å². The van der Waals surface area contributed by atoms with E-state index in [9.17, 15) is 27.2 Å². The Morgan fingerprint density at radius 3 is 1.70 bits per heavy atom. The minimum atomic E-state index is -1.97. The van der Waals surface area contributed by atoms with Crippen LogP contribution in [-0.4, -0.2) is 18.5 Å². The minimum Gasteiger partial charge on any atom is -0.466 e. The first-order valence-corrected chi connectivity index (χ1v) is 12.0. The average molecular weight is 477 g/mol. The van der Waals surface area contributed by atoms with E-state index in [1.54, 1.807) is 0 Å². The lowest BCUT2D eigenvalue weighted by atomic mass is 10.1. The Balaban J connectivity index is 2.02. The minimum absolute atomic E-state index is 0.217. The Morgan fingerprint density at radius 2 is 1.15 bits per heavy atom. The number of carbonyl (C=O) groups excluding carboxylic acids is 2. The molecule has 0 fully saturated rings. The number of hydrogen-bond donors (Lipinski definition) is 0. The van der Waals surface area contributed by atoms with Crippen molar-refractivity contribution in [2.75, 3.05) is 6.61 Å². The summed E-state index contributed by atoms with van der Waals surface area (Å²) < 4.78 is 62.5. The van der Waals surface area contributed by atoms with Crippen LogP contribution in [0.2, 0.25) is 0 Å². The standard InChI is InChI=1S/C25H36F4O4/c1-2-3-4-5-6-7-8-9-10-11-12-13-16-32-21(30)14-15-22(31)33-18-19-17-20(26)24(28)25(29)23(19)27/h17H,2-16,18H2,1H3. The maximum Gasteiger partial charge on any atom is 0.306 e. The number of rotatable bonds is 18. The van der Waals surface area contributed by atoms with Crippen LogP contribution in [0.25, 0.3) is 0 Å². The summed E-state index contributed by atoms with van der Waals surface area (Å²) in [6, 6.07) is 0.421. The summed E-state index contributed by atoms with van der Waals surface area (Å²) in [5.41, 5.74) is -0.630. The largest absolute Gasteiger partial charge is 0.466 e. The van der Waals surface area contributed by atoms with Crippen molar-refractivity contribution in [1.29, 1.82) is 0 Å². The van der Waals surface area contributed by atoms with E-state index in [2.05, 4.69) is 11.7 Å². The van der Waals surface area contributed by atoms with Gasteiger partial charge in [0.05, 0.1) is 19.4 Å². The highest BCUT2D eigenvalue weighted by Gasteiger charge is 2.20. The zero-order valence-electron chi connectivity index (χ0n) is 19.5. The molecule has 8 heteroatoms. The molecule has 4 nitrogen and oxygen atoms in total. The third kappa shape index (κ3) is 12.6. The van der Waals surface area contributed by atoms with Gasteiger partial charge in [-0.3, -0.25) is 9.59 Å². The number of halogens is 4. The van der Waals surface area contributed by atoms with Gasteiger partial charge in [0.25, 0.3) is 0 Å². The molecule has 0 aliphatic rings. The van der Waals surface area contributed by atoms with Gasteiger partial charge in [0, 0.05) is 5.56 Å². The monoisotopic (exact) mass is 476 g/mol. The molecule has 0 bridgehead atoms. The number of esters is 2. The molecular formula is C25H36F4O4. The topological polar surface area (TPSA) is 52.6 Å². The molecule has 188 valence electrons. The van der Waals surface area contributed by atoms with Gasteiger partial charge in [-0.05, 0) is 12.5 Å². The Kier molecular flexibility index (Phi) is 15.2. The van der Waals surface area contributed by atoms with Crippen molar-refractivity contribution in [1.82, 2.24) is 0 Å². The number of unbranched alkanes of at least 4 members (excludes halogenated alkanes) is 11. The first-order chi connectivity index (χ1) is 15.9. The van der Waals surface area contributed by atoms with Crippen molar-refractivity contribution < 1.29 is 36.6 Å². The van der Waals surface area contributed by atoms with E-state index in [1.807, 2.05) is 0 Å². The molecule has 0 radical (unpaired) electrons. The highest BCUT2D eigenvalue weighted by Crippen LogP contribution is 2.19. The van der Waals surface area contributed by atoms with Crippen LogP contribution in [0.15, 0.2) is 6.07 Å². The molecule has 0 saturated heterocycles. The highest BCUT2D eigenvalue weighted by molar-refractivity contribution is 5.77. The van der Waals surface area contributed by atoms with E-state index in [-0.39, 0.29) is 19.4 Å². The van der Waals surface area contributed by atoms with Gasteiger partial charge >= 0.3 is 11.9 Å². The van der Waals surface area contributed by atoms with Gasteiger partial charge in [-0.2, -0.15) is 0 Å². The zero-order chi connectivity index (χ0) is 24.5. The fraction of sp³-hybridized carbons (Fsp3) is 0.680. The molecular weight excluding hydrogens is 440 g/mol. The van der Waals surface area contributed by atoms with Crippen LogP contribution in [0.4, 0.5) is 17.6 Å². The van der Waals surface area contributed by atoms with Crippen LogP contribution in [0.1, 0.15) is 102 Å². The summed E-state index contributed by atoms with van der Waals surface area (Å²) in [7, 11) is 0. The Bertz CT molecular complexity index is 725. The summed E-state index contributed by atoms with van der Waals surface area (Å²) >= 11 is 0. The molecule has 0 spiro atoms. The van der Waals surface area contributed by atoms with Gasteiger partial charge in [0.15, 0.2) is 23.3 Å². The number of benzene rings is 1. The fourth-order valence-corrected chi connectivity index (χ4v) is 3.36.